The van der Waals surface area contributed by atoms with Crippen molar-refractivity contribution >= 4 is 17.7 Å². The van der Waals surface area contributed by atoms with E-state index in [0.29, 0.717) is 26.1 Å². The summed E-state index contributed by atoms with van der Waals surface area (Å²) >= 11 is 0. The van der Waals surface area contributed by atoms with Crippen molar-refractivity contribution in [1.82, 2.24) is 5.32 Å². The average Bonchev–Trinajstić information content (AvgIpc) is 2.86. The summed E-state index contributed by atoms with van der Waals surface area (Å²) in [4.78, 5) is 26.4. The quantitative estimate of drug-likeness (QED) is 0.274. The predicted molar refractivity (Wildman–Crippen MR) is 138 cm³/mol. The van der Waals surface area contributed by atoms with Crippen LogP contribution in [0, 0.1) is 0 Å². The fourth-order valence-corrected chi connectivity index (χ4v) is 3.91. The molecule has 1 atom stereocenters. The van der Waals surface area contributed by atoms with E-state index in [0.717, 1.165) is 35.2 Å². The molecular formula is C28H40N2O4. The summed E-state index contributed by atoms with van der Waals surface area (Å²) in [7, 11) is 1.37. The van der Waals surface area contributed by atoms with Gasteiger partial charge in [0.15, 0.2) is 6.10 Å². The lowest BCUT2D eigenvalue weighted by Crippen LogP contribution is -2.40. The molecular weight excluding hydrogens is 428 g/mol. The van der Waals surface area contributed by atoms with Gasteiger partial charge in [0, 0.05) is 31.8 Å². The Bertz CT molecular complexity index is 882. The van der Waals surface area contributed by atoms with Gasteiger partial charge >= 0.3 is 12.0 Å². The van der Waals surface area contributed by atoms with Crippen molar-refractivity contribution in [3.63, 3.8) is 0 Å². The largest absolute Gasteiger partial charge is 0.467 e. The van der Waals surface area contributed by atoms with E-state index >= 15 is 0 Å². The van der Waals surface area contributed by atoms with Crippen molar-refractivity contribution in [3.8, 4) is 11.1 Å². The second-order valence-electron chi connectivity index (χ2n) is 8.31. The van der Waals surface area contributed by atoms with Crippen LogP contribution in [0.1, 0.15) is 58.4 Å². The van der Waals surface area contributed by atoms with Gasteiger partial charge < -0.3 is 14.8 Å². The van der Waals surface area contributed by atoms with E-state index in [1.54, 1.807) is 4.90 Å². The van der Waals surface area contributed by atoms with Crippen LogP contribution in [0.5, 0.6) is 0 Å². The molecule has 1 N–H and O–H groups in total. The first kappa shape index (κ1) is 27.4. The Balaban J connectivity index is 2.04. The highest BCUT2D eigenvalue weighted by atomic mass is 16.6. The van der Waals surface area contributed by atoms with Crippen LogP contribution in [0.25, 0.3) is 11.1 Å². The van der Waals surface area contributed by atoms with E-state index in [4.69, 9.17) is 9.47 Å². The van der Waals surface area contributed by atoms with Gasteiger partial charge in [0.25, 0.3) is 0 Å². The molecule has 0 aliphatic heterocycles. The number of hydrogen-bond acceptors (Lipinski definition) is 4. The molecule has 6 heteroatoms. The highest BCUT2D eigenvalue weighted by Crippen LogP contribution is 2.26. The average molecular weight is 469 g/mol. The molecule has 0 heterocycles. The van der Waals surface area contributed by atoms with Crippen molar-refractivity contribution < 1.29 is 19.1 Å². The molecule has 2 aromatic rings. The number of carbonyl (C=O) groups excluding carboxylic acids is 2. The van der Waals surface area contributed by atoms with E-state index in [2.05, 4.69) is 12.2 Å². The summed E-state index contributed by atoms with van der Waals surface area (Å²) in [6.45, 7) is 7.79. The Kier molecular flexibility index (Phi) is 12.2. The summed E-state index contributed by atoms with van der Waals surface area (Å²) in [5.74, 6) is -0.363. The second-order valence-corrected chi connectivity index (χ2v) is 8.31. The number of hydrogen-bond donors (Lipinski definition) is 1. The normalized spacial score (nSPS) is 11.6. The molecule has 0 radical (unpaired) electrons. The number of amides is 2. The van der Waals surface area contributed by atoms with Gasteiger partial charge in [-0.05, 0) is 49.1 Å². The summed E-state index contributed by atoms with van der Waals surface area (Å²) < 4.78 is 10.4. The van der Waals surface area contributed by atoms with Crippen LogP contribution in [0.15, 0.2) is 48.5 Å². The third-order valence-electron chi connectivity index (χ3n) is 5.82. The van der Waals surface area contributed by atoms with E-state index < -0.39 is 6.10 Å². The Morgan fingerprint density at radius 2 is 1.68 bits per heavy atom. The highest BCUT2D eigenvalue weighted by molar-refractivity contribution is 5.92. The number of benzene rings is 2. The first-order chi connectivity index (χ1) is 16.5. The monoisotopic (exact) mass is 468 g/mol. The molecule has 0 saturated heterocycles. The van der Waals surface area contributed by atoms with Crippen molar-refractivity contribution in [3.05, 3.63) is 54.1 Å². The zero-order valence-corrected chi connectivity index (χ0v) is 21.1. The molecule has 2 amide bonds. The van der Waals surface area contributed by atoms with Crippen molar-refractivity contribution in [2.45, 2.75) is 65.4 Å². The van der Waals surface area contributed by atoms with E-state index in [-0.39, 0.29) is 12.0 Å². The predicted octanol–water partition coefficient (Wildman–Crippen LogP) is 5.98. The minimum absolute atomic E-state index is 0.0599. The third kappa shape index (κ3) is 8.49. The van der Waals surface area contributed by atoms with Gasteiger partial charge in [-0.2, -0.15) is 0 Å². The Labute approximate surface area is 204 Å². The Hall–Kier alpha value is -2.86. The molecule has 2 rings (SSSR count). The minimum atomic E-state index is -0.604. The maximum atomic E-state index is 12.8. The van der Waals surface area contributed by atoms with Crippen molar-refractivity contribution in [2.24, 2.45) is 0 Å². The molecule has 0 bridgehead atoms. The maximum Gasteiger partial charge on any atom is 0.335 e. The van der Waals surface area contributed by atoms with Gasteiger partial charge in [0.2, 0.25) is 0 Å². The number of esters is 1. The molecule has 6 nitrogen and oxygen atoms in total. The molecule has 0 aliphatic rings. The number of methoxy groups -OCH3 is 1. The van der Waals surface area contributed by atoms with Crippen LogP contribution in [-0.4, -0.2) is 44.9 Å². The van der Waals surface area contributed by atoms with Crippen molar-refractivity contribution in [2.75, 3.05) is 31.7 Å². The number of unbranched alkanes of at least 4 members (excludes halogenated alkanes) is 4. The lowest BCUT2D eigenvalue weighted by Gasteiger charge is -2.22. The van der Waals surface area contributed by atoms with Crippen LogP contribution < -0.4 is 10.2 Å². The number of urea groups is 1. The van der Waals surface area contributed by atoms with E-state index in [1.165, 1.54) is 26.4 Å². The highest BCUT2D eigenvalue weighted by Gasteiger charge is 2.20. The van der Waals surface area contributed by atoms with Gasteiger partial charge in [-0.3, -0.25) is 4.90 Å². The lowest BCUT2D eigenvalue weighted by atomic mass is 10.0. The molecule has 2 aromatic carbocycles. The van der Waals surface area contributed by atoms with Gasteiger partial charge in [-0.1, -0.05) is 69.0 Å². The molecule has 0 fully saturated rings. The number of ether oxygens (including phenoxy) is 2. The minimum Gasteiger partial charge on any atom is -0.467 e. The Morgan fingerprint density at radius 3 is 2.32 bits per heavy atom. The van der Waals surface area contributed by atoms with Crippen LogP contribution >= 0.6 is 0 Å². The SMILES string of the molecule is CCCCCCCNC(=O)N(CC)c1cccc(-c2ccc(CC(OCC)C(=O)OC)cc2)c1. The lowest BCUT2D eigenvalue weighted by molar-refractivity contribution is -0.153. The van der Waals surface area contributed by atoms with Gasteiger partial charge in [0.05, 0.1) is 7.11 Å². The number of rotatable bonds is 14. The first-order valence-corrected chi connectivity index (χ1v) is 12.5. The van der Waals surface area contributed by atoms with Crippen LogP contribution in [0.3, 0.4) is 0 Å². The topological polar surface area (TPSA) is 67.9 Å². The van der Waals surface area contributed by atoms with Crippen LogP contribution in [-0.2, 0) is 20.7 Å². The molecule has 0 aromatic heterocycles. The van der Waals surface area contributed by atoms with E-state index in [1.807, 2.05) is 62.4 Å². The zero-order chi connectivity index (χ0) is 24.8. The Morgan fingerprint density at radius 1 is 0.941 bits per heavy atom. The molecule has 0 aliphatic carbocycles. The molecule has 1 unspecified atom stereocenters. The number of carbonyl (C=O) groups is 2. The molecule has 186 valence electrons. The van der Waals surface area contributed by atoms with Gasteiger partial charge in [0.1, 0.15) is 0 Å². The smallest absolute Gasteiger partial charge is 0.335 e. The first-order valence-electron chi connectivity index (χ1n) is 12.5. The van der Waals surface area contributed by atoms with Crippen LogP contribution in [0.2, 0.25) is 0 Å². The molecule has 0 saturated carbocycles. The number of anilines is 1. The van der Waals surface area contributed by atoms with Gasteiger partial charge in [-0.15, -0.1) is 0 Å². The van der Waals surface area contributed by atoms with Crippen molar-refractivity contribution in [1.29, 1.82) is 0 Å². The zero-order valence-electron chi connectivity index (χ0n) is 21.1. The fourth-order valence-electron chi connectivity index (χ4n) is 3.91. The molecule has 0 spiro atoms. The number of nitrogens with zero attached hydrogens (tertiary/aromatic N) is 1. The number of nitrogens with one attached hydrogen (secondary N) is 1. The second kappa shape index (κ2) is 15.1. The summed E-state index contributed by atoms with van der Waals surface area (Å²) in [5.41, 5.74) is 3.94. The van der Waals surface area contributed by atoms with E-state index in [9.17, 15) is 9.59 Å². The third-order valence-corrected chi connectivity index (χ3v) is 5.82. The summed E-state index contributed by atoms with van der Waals surface area (Å²) in [6.07, 6.45) is 5.71. The summed E-state index contributed by atoms with van der Waals surface area (Å²) in [6, 6.07) is 16.0. The molecule has 34 heavy (non-hydrogen) atoms. The standard InChI is InChI=1S/C28H40N2O4/c1-5-8-9-10-11-19-29-28(32)30(6-2)25-14-12-13-24(21-25)23-17-15-22(16-18-23)20-26(34-7-3)27(31)33-4/h12-18,21,26H,5-11,19-20H2,1-4H3,(H,29,32). The van der Waals surface area contributed by atoms with Crippen LogP contribution in [0.4, 0.5) is 10.5 Å². The maximum absolute atomic E-state index is 12.8. The fraction of sp³-hybridized carbons (Fsp3) is 0.500. The van der Waals surface area contributed by atoms with Gasteiger partial charge in [-0.25, -0.2) is 9.59 Å². The summed E-state index contributed by atoms with van der Waals surface area (Å²) in [5, 5.41) is 3.06.